The minimum absolute atomic E-state index is 0.357. The van der Waals surface area contributed by atoms with Crippen LogP contribution in [0.2, 0.25) is 0 Å². The minimum Gasteiger partial charge on any atom is -0.439 e. The van der Waals surface area contributed by atoms with Crippen molar-refractivity contribution in [2.45, 2.75) is 0 Å². The number of nitrogens with two attached hydrogens (primary N) is 1. The molecule has 0 unspecified atom stereocenters. The molecule has 0 spiro atoms. The van der Waals surface area contributed by atoms with Crippen LogP contribution in [-0.4, -0.2) is 15.2 Å². The van der Waals surface area contributed by atoms with Gasteiger partial charge in [0.2, 0.25) is 5.88 Å². The molecule has 0 fully saturated rings. The van der Waals surface area contributed by atoms with Gasteiger partial charge < -0.3 is 10.5 Å². The van der Waals surface area contributed by atoms with Crippen molar-refractivity contribution in [3.8, 4) is 22.9 Å². The summed E-state index contributed by atoms with van der Waals surface area (Å²) in [4.78, 5) is 4.15. The van der Waals surface area contributed by atoms with Crippen molar-refractivity contribution in [1.82, 2.24) is 15.2 Å². The standard InChI is InChI=1S/C14H11FN4O/c15-10-2-1-3-11(6-10)20-13-5-4-9(7-17-13)14-12(16)8-18-19-14/h1-8H,16H2,(H,18,19). The Bertz CT molecular complexity index is 724. The Hall–Kier alpha value is -2.89. The molecular formula is C14H11FN4O. The average Bonchev–Trinajstić information content (AvgIpc) is 2.86. The smallest absolute Gasteiger partial charge is 0.219 e. The molecule has 0 radical (unpaired) electrons. The summed E-state index contributed by atoms with van der Waals surface area (Å²) in [6.07, 6.45) is 3.14. The van der Waals surface area contributed by atoms with Gasteiger partial charge in [0.25, 0.3) is 0 Å². The van der Waals surface area contributed by atoms with Gasteiger partial charge in [0.1, 0.15) is 11.6 Å². The summed E-state index contributed by atoms with van der Waals surface area (Å²) in [5.74, 6) is 0.410. The molecule has 1 aromatic carbocycles. The number of nitrogens with zero attached hydrogens (tertiary/aromatic N) is 2. The largest absolute Gasteiger partial charge is 0.439 e. The zero-order chi connectivity index (χ0) is 13.9. The molecule has 3 aromatic rings. The first kappa shape index (κ1) is 12.2. The predicted octanol–water partition coefficient (Wildman–Crippen LogP) is 2.99. The summed E-state index contributed by atoms with van der Waals surface area (Å²) in [6, 6.07) is 9.36. The number of hydrogen-bond acceptors (Lipinski definition) is 4. The second kappa shape index (κ2) is 5.00. The van der Waals surface area contributed by atoms with Gasteiger partial charge in [-0.15, -0.1) is 0 Å². The Morgan fingerprint density at radius 1 is 1.15 bits per heavy atom. The highest BCUT2D eigenvalue weighted by molar-refractivity contribution is 5.71. The number of pyridine rings is 1. The molecule has 0 bridgehead atoms. The SMILES string of the molecule is Nc1cn[nH]c1-c1ccc(Oc2cccc(F)c2)nc1. The third-order valence-electron chi connectivity index (χ3n) is 2.71. The normalized spacial score (nSPS) is 10.4. The molecule has 0 saturated carbocycles. The number of nitrogens with one attached hydrogen (secondary N) is 1. The number of aromatic nitrogens is 3. The molecule has 0 aliphatic carbocycles. The van der Waals surface area contributed by atoms with E-state index in [0.717, 1.165) is 5.56 Å². The van der Waals surface area contributed by atoms with Crippen LogP contribution in [0.25, 0.3) is 11.3 Å². The molecule has 0 saturated heterocycles. The van der Waals surface area contributed by atoms with E-state index >= 15 is 0 Å². The molecule has 0 aliphatic heterocycles. The fraction of sp³-hybridized carbons (Fsp3) is 0. The molecule has 20 heavy (non-hydrogen) atoms. The molecule has 3 rings (SSSR count). The molecule has 0 amide bonds. The van der Waals surface area contributed by atoms with E-state index in [-0.39, 0.29) is 5.82 Å². The van der Waals surface area contributed by atoms with E-state index in [9.17, 15) is 4.39 Å². The molecule has 0 aliphatic rings. The van der Waals surface area contributed by atoms with Crippen molar-refractivity contribution < 1.29 is 9.13 Å². The molecular weight excluding hydrogens is 259 g/mol. The van der Waals surface area contributed by atoms with Crippen molar-refractivity contribution in [3.05, 3.63) is 54.6 Å². The second-order valence-electron chi connectivity index (χ2n) is 4.14. The van der Waals surface area contributed by atoms with Crippen LogP contribution in [-0.2, 0) is 0 Å². The van der Waals surface area contributed by atoms with Gasteiger partial charge in [0, 0.05) is 23.9 Å². The van der Waals surface area contributed by atoms with Crippen LogP contribution in [0.1, 0.15) is 0 Å². The van der Waals surface area contributed by atoms with Crippen LogP contribution >= 0.6 is 0 Å². The van der Waals surface area contributed by atoms with Crippen molar-refractivity contribution in [1.29, 1.82) is 0 Å². The maximum Gasteiger partial charge on any atom is 0.219 e. The minimum atomic E-state index is -0.357. The van der Waals surface area contributed by atoms with Crippen LogP contribution in [0.4, 0.5) is 10.1 Å². The fourth-order valence-electron chi connectivity index (χ4n) is 1.77. The molecule has 3 N–H and O–H groups in total. The molecule has 5 nitrogen and oxygen atoms in total. The predicted molar refractivity (Wildman–Crippen MR) is 72.7 cm³/mol. The van der Waals surface area contributed by atoms with Crippen molar-refractivity contribution in [2.24, 2.45) is 0 Å². The van der Waals surface area contributed by atoms with E-state index in [1.54, 1.807) is 30.5 Å². The van der Waals surface area contributed by atoms with Crippen molar-refractivity contribution in [3.63, 3.8) is 0 Å². The van der Waals surface area contributed by atoms with Crippen LogP contribution in [0.3, 0.4) is 0 Å². The van der Waals surface area contributed by atoms with Gasteiger partial charge >= 0.3 is 0 Å². The highest BCUT2D eigenvalue weighted by Crippen LogP contribution is 2.25. The molecule has 2 aromatic heterocycles. The van der Waals surface area contributed by atoms with E-state index in [0.29, 0.717) is 23.0 Å². The number of benzene rings is 1. The Labute approximate surface area is 114 Å². The zero-order valence-electron chi connectivity index (χ0n) is 10.4. The lowest BCUT2D eigenvalue weighted by atomic mass is 10.2. The highest BCUT2D eigenvalue weighted by atomic mass is 19.1. The molecule has 6 heteroatoms. The number of nitrogen functional groups attached to an aromatic ring is 1. The van der Waals surface area contributed by atoms with Crippen LogP contribution < -0.4 is 10.5 Å². The fourth-order valence-corrected chi connectivity index (χ4v) is 1.77. The number of halogens is 1. The maximum atomic E-state index is 13.0. The van der Waals surface area contributed by atoms with Crippen LogP contribution in [0.5, 0.6) is 11.6 Å². The topological polar surface area (TPSA) is 76.8 Å². The van der Waals surface area contributed by atoms with Crippen molar-refractivity contribution in [2.75, 3.05) is 5.73 Å². The van der Waals surface area contributed by atoms with E-state index in [1.807, 2.05) is 0 Å². The van der Waals surface area contributed by atoms with Crippen LogP contribution in [0, 0.1) is 5.82 Å². The van der Waals surface area contributed by atoms with Crippen molar-refractivity contribution >= 4 is 5.69 Å². The van der Waals surface area contributed by atoms with E-state index in [4.69, 9.17) is 10.5 Å². The Balaban J connectivity index is 1.82. The lowest BCUT2D eigenvalue weighted by Crippen LogP contribution is -1.91. The monoisotopic (exact) mass is 270 g/mol. The summed E-state index contributed by atoms with van der Waals surface area (Å²) in [5, 5.41) is 6.64. The number of rotatable bonds is 3. The third kappa shape index (κ3) is 2.44. The summed E-state index contributed by atoms with van der Waals surface area (Å²) in [5.41, 5.74) is 7.80. The first-order valence-corrected chi connectivity index (χ1v) is 5.91. The molecule has 0 atom stereocenters. The van der Waals surface area contributed by atoms with Gasteiger partial charge in [-0.2, -0.15) is 5.10 Å². The number of hydrogen-bond donors (Lipinski definition) is 2. The summed E-state index contributed by atoms with van der Waals surface area (Å²) in [6.45, 7) is 0. The summed E-state index contributed by atoms with van der Waals surface area (Å²) >= 11 is 0. The summed E-state index contributed by atoms with van der Waals surface area (Å²) in [7, 11) is 0. The Morgan fingerprint density at radius 2 is 2.05 bits per heavy atom. The summed E-state index contributed by atoms with van der Waals surface area (Å²) < 4.78 is 18.5. The third-order valence-corrected chi connectivity index (χ3v) is 2.71. The second-order valence-corrected chi connectivity index (χ2v) is 4.14. The van der Waals surface area contributed by atoms with Gasteiger partial charge in [0.15, 0.2) is 0 Å². The van der Waals surface area contributed by atoms with E-state index in [2.05, 4.69) is 15.2 Å². The maximum absolute atomic E-state index is 13.0. The number of aromatic amines is 1. The lowest BCUT2D eigenvalue weighted by Gasteiger charge is -2.05. The van der Waals surface area contributed by atoms with E-state index < -0.39 is 0 Å². The lowest BCUT2D eigenvalue weighted by molar-refractivity contribution is 0.458. The Morgan fingerprint density at radius 3 is 2.70 bits per heavy atom. The van der Waals surface area contributed by atoms with Gasteiger partial charge in [-0.25, -0.2) is 9.37 Å². The first-order valence-electron chi connectivity index (χ1n) is 5.91. The average molecular weight is 270 g/mol. The Kier molecular flexibility index (Phi) is 3.04. The molecule has 100 valence electrons. The van der Waals surface area contributed by atoms with Gasteiger partial charge in [-0.05, 0) is 18.2 Å². The van der Waals surface area contributed by atoms with Gasteiger partial charge in [0.05, 0.1) is 17.6 Å². The van der Waals surface area contributed by atoms with E-state index in [1.165, 1.54) is 18.3 Å². The number of H-pyrrole nitrogens is 1. The number of anilines is 1. The highest BCUT2D eigenvalue weighted by Gasteiger charge is 2.06. The number of ether oxygens (including phenoxy) is 1. The zero-order valence-corrected chi connectivity index (χ0v) is 10.4. The molecule has 2 heterocycles. The van der Waals surface area contributed by atoms with Crippen LogP contribution in [0.15, 0.2) is 48.8 Å². The van der Waals surface area contributed by atoms with Gasteiger partial charge in [-0.1, -0.05) is 6.07 Å². The first-order chi connectivity index (χ1) is 9.72. The quantitative estimate of drug-likeness (QED) is 0.767. The van der Waals surface area contributed by atoms with Gasteiger partial charge in [-0.3, -0.25) is 5.10 Å².